The van der Waals surface area contributed by atoms with Crippen LogP contribution in [0.2, 0.25) is 0 Å². The summed E-state index contributed by atoms with van der Waals surface area (Å²) in [6.07, 6.45) is 1.17. The van der Waals surface area contributed by atoms with E-state index in [9.17, 15) is 4.79 Å². The quantitative estimate of drug-likeness (QED) is 0.213. The summed E-state index contributed by atoms with van der Waals surface area (Å²) in [4.78, 5) is 14.9. The first-order valence-electron chi connectivity index (χ1n) is 9.98. The van der Waals surface area contributed by atoms with Crippen LogP contribution in [0.15, 0.2) is 48.2 Å². The number of aryl methyl sites for hydroxylation is 2. The fraction of sp³-hybridized carbons (Fsp3) is 0.308. The van der Waals surface area contributed by atoms with Gasteiger partial charge in [0.2, 0.25) is 0 Å². The van der Waals surface area contributed by atoms with Gasteiger partial charge in [-0.25, -0.2) is 0 Å². The van der Waals surface area contributed by atoms with Crippen molar-refractivity contribution in [2.24, 2.45) is 0 Å². The van der Waals surface area contributed by atoms with Crippen LogP contribution in [0, 0.1) is 19.9 Å². The minimum Gasteiger partial charge on any atom is -0.512 e. The Morgan fingerprint density at radius 1 is 1.13 bits per heavy atom. The summed E-state index contributed by atoms with van der Waals surface area (Å²) in [7, 11) is 1.70. The normalized spacial score (nSPS) is 10.9. The first-order chi connectivity index (χ1) is 14.1. The van der Waals surface area contributed by atoms with E-state index in [2.05, 4.69) is 70.2 Å². The van der Waals surface area contributed by atoms with Crippen molar-refractivity contribution in [3.63, 3.8) is 0 Å². The summed E-state index contributed by atoms with van der Waals surface area (Å²) in [6, 6.07) is 16.1. The molecule has 0 atom stereocenters. The molecule has 0 amide bonds. The standard InChI is InChI=1S/C21H22NO.C5H8O2.Ir/c1-13(2)16-6-7-19-17(11-16)12-20(23-5)21(22-19)18-9-14(3)8-15(4)10-18;1-4(6)3-5(2)7;/h6-9,11-13H,1-5H3;3,6H,1-2H3;/q-1;;/b;4-3-;. The number of methoxy groups -OCH3 is 1. The Balaban J connectivity index is 0.000000523. The first-order valence-corrected chi connectivity index (χ1v) is 9.98. The van der Waals surface area contributed by atoms with Crippen molar-refractivity contribution < 1.29 is 34.7 Å². The van der Waals surface area contributed by atoms with Crippen molar-refractivity contribution in [1.29, 1.82) is 0 Å². The summed E-state index contributed by atoms with van der Waals surface area (Å²) in [6.45, 7) is 11.4. The molecule has 0 unspecified atom stereocenters. The summed E-state index contributed by atoms with van der Waals surface area (Å²) < 4.78 is 5.61. The van der Waals surface area contributed by atoms with Crippen LogP contribution in [0.3, 0.4) is 0 Å². The average Bonchev–Trinajstić information content (AvgIpc) is 2.65. The second kappa shape index (κ2) is 11.8. The van der Waals surface area contributed by atoms with Gasteiger partial charge in [0.05, 0.1) is 18.4 Å². The summed E-state index contributed by atoms with van der Waals surface area (Å²) in [5, 5.41) is 9.48. The number of aromatic nitrogens is 1. The Morgan fingerprint density at radius 3 is 2.29 bits per heavy atom. The van der Waals surface area contributed by atoms with Crippen LogP contribution in [0.4, 0.5) is 0 Å². The van der Waals surface area contributed by atoms with E-state index in [-0.39, 0.29) is 31.6 Å². The maximum Gasteiger partial charge on any atom is 0.155 e. The number of aliphatic hydroxyl groups excluding tert-OH is 1. The molecule has 0 saturated carbocycles. The first kappa shape index (κ1) is 26.5. The number of carbonyl (C=O) groups is 1. The topological polar surface area (TPSA) is 59.4 Å². The monoisotopic (exact) mass is 597 g/mol. The number of fused-ring (bicyclic) bond motifs is 1. The third-order valence-electron chi connectivity index (χ3n) is 4.51. The molecule has 2 aromatic carbocycles. The van der Waals surface area contributed by atoms with Crippen molar-refractivity contribution in [2.45, 2.75) is 47.5 Å². The van der Waals surface area contributed by atoms with E-state index in [0.29, 0.717) is 5.92 Å². The van der Waals surface area contributed by atoms with Crippen LogP contribution in [0.5, 0.6) is 5.75 Å². The molecular weight excluding hydrogens is 567 g/mol. The van der Waals surface area contributed by atoms with Crippen molar-refractivity contribution in [3.8, 4) is 17.0 Å². The number of allylic oxidation sites excluding steroid dienone is 2. The zero-order chi connectivity index (χ0) is 22.4. The Hall–Kier alpha value is -2.49. The fourth-order valence-electron chi connectivity index (χ4n) is 3.20. The van der Waals surface area contributed by atoms with Gasteiger partial charge in [-0.15, -0.1) is 34.9 Å². The van der Waals surface area contributed by atoms with Crippen LogP contribution in [0.25, 0.3) is 22.2 Å². The minimum atomic E-state index is -0.125. The summed E-state index contributed by atoms with van der Waals surface area (Å²) in [5.41, 5.74) is 6.44. The van der Waals surface area contributed by atoms with Crippen LogP contribution in [-0.2, 0) is 24.9 Å². The number of rotatable bonds is 4. The van der Waals surface area contributed by atoms with Crippen molar-refractivity contribution >= 4 is 16.7 Å². The molecule has 0 spiro atoms. The molecular formula is C26H30IrNO3-. The predicted molar refractivity (Wildman–Crippen MR) is 123 cm³/mol. The van der Waals surface area contributed by atoms with Crippen LogP contribution in [0.1, 0.15) is 50.3 Å². The molecule has 0 saturated heterocycles. The van der Waals surface area contributed by atoms with E-state index in [1.54, 1.807) is 7.11 Å². The molecule has 31 heavy (non-hydrogen) atoms. The smallest absolute Gasteiger partial charge is 0.155 e. The predicted octanol–water partition coefficient (Wildman–Crippen LogP) is 6.49. The average molecular weight is 597 g/mol. The van der Waals surface area contributed by atoms with E-state index in [1.165, 1.54) is 31.1 Å². The third kappa shape index (κ3) is 7.61. The number of nitrogens with zero attached hydrogens (tertiary/aromatic N) is 1. The molecule has 0 aliphatic rings. The van der Waals surface area contributed by atoms with Crippen molar-refractivity contribution in [1.82, 2.24) is 4.98 Å². The van der Waals surface area contributed by atoms with Gasteiger partial charge in [0, 0.05) is 37.3 Å². The molecule has 5 heteroatoms. The zero-order valence-corrected chi connectivity index (χ0v) is 21.6. The minimum absolute atomic E-state index is 0. The number of ether oxygens (including phenoxy) is 1. The number of hydrogen-bond donors (Lipinski definition) is 1. The maximum absolute atomic E-state index is 10.0. The summed E-state index contributed by atoms with van der Waals surface area (Å²) >= 11 is 0. The zero-order valence-electron chi connectivity index (χ0n) is 19.2. The van der Waals surface area contributed by atoms with Gasteiger partial charge in [0.15, 0.2) is 5.78 Å². The van der Waals surface area contributed by atoms with Gasteiger partial charge in [0.25, 0.3) is 0 Å². The van der Waals surface area contributed by atoms with Crippen LogP contribution >= 0.6 is 0 Å². The number of carbonyl (C=O) groups excluding carboxylic acids is 1. The van der Waals surface area contributed by atoms with Gasteiger partial charge < -0.3 is 9.84 Å². The number of benzene rings is 2. The van der Waals surface area contributed by atoms with Gasteiger partial charge in [0.1, 0.15) is 5.75 Å². The SMILES string of the molecule is CC(=O)/C=C(/C)O.COc1cc2cc(C(C)C)ccc2nc1-c1[c-]c(C)cc(C)c1.[Ir]. The second-order valence-corrected chi connectivity index (χ2v) is 7.80. The van der Waals surface area contributed by atoms with E-state index in [0.717, 1.165) is 33.5 Å². The van der Waals surface area contributed by atoms with Gasteiger partial charge >= 0.3 is 0 Å². The second-order valence-electron chi connectivity index (χ2n) is 7.80. The molecule has 1 N–H and O–H groups in total. The van der Waals surface area contributed by atoms with E-state index >= 15 is 0 Å². The van der Waals surface area contributed by atoms with E-state index < -0.39 is 0 Å². The molecule has 0 bridgehead atoms. The molecule has 1 radical (unpaired) electrons. The van der Waals surface area contributed by atoms with E-state index in [4.69, 9.17) is 14.8 Å². The molecule has 167 valence electrons. The third-order valence-corrected chi connectivity index (χ3v) is 4.51. The number of aliphatic hydroxyl groups is 1. The van der Waals surface area contributed by atoms with Gasteiger partial charge in [-0.05, 0) is 43.5 Å². The van der Waals surface area contributed by atoms with Gasteiger partial charge in [-0.2, -0.15) is 0 Å². The molecule has 3 rings (SSSR count). The molecule has 1 aromatic heterocycles. The fourth-order valence-corrected chi connectivity index (χ4v) is 3.20. The molecule has 0 aliphatic heterocycles. The Bertz CT molecular complexity index is 1060. The summed E-state index contributed by atoms with van der Waals surface area (Å²) in [5.74, 6) is 1.23. The van der Waals surface area contributed by atoms with Crippen molar-refractivity contribution in [2.75, 3.05) is 7.11 Å². The van der Waals surface area contributed by atoms with Crippen LogP contribution in [-0.4, -0.2) is 23.0 Å². The van der Waals surface area contributed by atoms with E-state index in [1.807, 2.05) is 0 Å². The number of hydrogen-bond acceptors (Lipinski definition) is 4. The molecule has 3 aromatic rings. The Kier molecular flexibility index (Phi) is 10.1. The van der Waals surface area contributed by atoms with Gasteiger partial charge in [-0.3, -0.25) is 9.78 Å². The van der Waals surface area contributed by atoms with Crippen molar-refractivity contribution in [3.05, 3.63) is 71.0 Å². The Morgan fingerprint density at radius 2 is 1.81 bits per heavy atom. The largest absolute Gasteiger partial charge is 0.512 e. The molecule has 1 heterocycles. The number of ketones is 1. The molecule has 4 nitrogen and oxygen atoms in total. The molecule has 0 aliphatic carbocycles. The Labute approximate surface area is 198 Å². The maximum atomic E-state index is 10.0. The molecule has 0 fully saturated rings. The van der Waals surface area contributed by atoms with Gasteiger partial charge in [-0.1, -0.05) is 33.8 Å². The number of pyridine rings is 1. The van der Waals surface area contributed by atoms with Crippen LogP contribution < -0.4 is 4.74 Å².